The first-order valence-corrected chi connectivity index (χ1v) is 8.57. The van der Waals surface area contributed by atoms with Crippen LogP contribution in [0.2, 0.25) is 0 Å². The maximum atomic E-state index is 12.9. The van der Waals surface area contributed by atoms with Gasteiger partial charge in [0.2, 0.25) is 0 Å². The molecule has 0 radical (unpaired) electrons. The van der Waals surface area contributed by atoms with E-state index in [1.54, 1.807) is 0 Å². The molecule has 2 aromatic rings. The molecule has 0 bridgehead atoms. The molecule has 0 aromatic heterocycles. The van der Waals surface area contributed by atoms with Crippen molar-refractivity contribution in [2.45, 2.75) is 39.7 Å². The highest BCUT2D eigenvalue weighted by Crippen LogP contribution is 2.20. The van der Waals surface area contributed by atoms with Crippen LogP contribution in [0.1, 0.15) is 51.9 Å². The molecule has 0 saturated carbocycles. The summed E-state index contributed by atoms with van der Waals surface area (Å²) < 4.78 is 0. The van der Waals surface area contributed by atoms with Gasteiger partial charge in [0.25, 0.3) is 0 Å². The molecule has 1 saturated heterocycles. The average Bonchev–Trinajstić information content (AvgIpc) is 2.56. The van der Waals surface area contributed by atoms with Crippen LogP contribution in [0.3, 0.4) is 0 Å². The van der Waals surface area contributed by atoms with E-state index in [1.807, 2.05) is 44.2 Å². The van der Waals surface area contributed by atoms with Gasteiger partial charge in [0.05, 0.1) is 0 Å². The van der Waals surface area contributed by atoms with E-state index in [0.717, 1.165) is 28.8 Å². The van der Waals surface area contributed by atoms with Crippen LogP contribution in [-0.2, 0) is 6.54 Å². The Kier molecular flexibility index (Phi) is 4.92. The number of hydrogen-bond acceptors (Lipinski definition) is 2. The van der Waals surface area contributed by atoms with Gasteiger partial charge >= 0.3 is 0 Å². The first-order valence-electron chi connectivity index (χ1n) is 8.57. The summed E-state index contributed by atoms with van der Waals surface area (Å²) in [5.41, 5.74) is 5.00. The summed E-state index contributed by atoms with van der Waals surface area (Å²) in [6.07, 6.45) is 3.93. The minimum atomic E-state index is 0.140. The van der Waals surface area contributed by atoms with Gasteiger partial charge in [0, 0.05) is 17.7 Å². The Hall–Kier alpha value is -1.93. The smallest absolute Gasteiger partial charge is 0.193 e. The summed E-state index contributed by atoms with van der Waals surface area (Å²) in [7, 11) is 0. The average molecular weight is 307 g/mol. The number of ketones is 1. The Balaban J connectivity index is 1.83. The third-order valence-electron chi connectivity index (χ3n) is 4.75. The summed E-state index contributed by atoms with van der Waals surface area (Å²) in [6, 6.07) is 14.2. The van der Waals surface area contributed by atoms with E-state index >= 15 is 0 Å². The quantitative estimate of drug-likeness (QED) is 0.774. The number of carbonyl (C=O) groups is 1. The summed E-state index contributed by atoms with van der Waals surface area (Å²) in [5.74, 6) is 0.140. The van der Waals surface area contributed by atoms with E-state index < -0.39 is 0 Å². The lowest BCUT2D eigenvalue weighted by Crippen LogP contribution is -2.29. The van der Waals surface area contributed by atoms with Crippen LogP contribution < -0.4 is 0 Å². The third-order valence-corrected chi connectivity index (χ3v) is 4.75. The van der Waals surface area contributed by atoms with Crippen molar-refractivity contribution in [2.24, 2.45) is 0 Å². The van der Waals surface area contributed by atoms with Gasteiger partial charge in [-0.3, -0.25) is 9.69 Å². The van der Waals surface area contributed by atoms with Crippen molar-refractivity contribution in [3.05, 3.63) is 70.3 Å². The van der Waals surface area contributed by atoms with Crippen molar-refractivity contribution in [1.29, 1.82) is 0 Å². The van der Waals surface area contributed by atoms with Gasteiger partial charge in [-0.2, -0.15) is 0 Å². The number of nitrogens with zero attached hydrogens (tertiary/aromatic N) is 1. The van der Waals surface area contributed by atoms with E-state index in [2.05, 4.69) is 17.0 Å². The molecule has 0 unspecified atom stereocenters. The first kappa shape index (κ1) is 15.9. The molecular weight excluding hydrogens is 282 g/mol. The predicted octanol–water partition coefficient (Wildman–Crippen LogP) is 4.52. The Morgan fingerprint density at radius 2 is 1.61 bits per heavy atom. The summed E-state index contributed by atoms with van der Waals surface area (Å²) in [5, 5.41) is 0. The largest absolute Gasteiger partial charge is 0.299 e. The number of carbonyl (C=O) groups excluding carboxylic acids is 1. The van der Waals surface area contributed by atoms with Gasteiger partial charge < -0.3 is 0 Å². The van der Waals surface area contributed by atoms with Crippen LogP contribution >= 0.6 is 0 Å². The van der Waals surface area contributed by atoms with Crippen LogP contribution in [0, 0.1) is 13.8 Å². The van der Waals surface area contributed by atoms with Crippen LogP contribution in [-0.4, -0.2) is 23.8 Å². The Bertz CT molecular complexity index is 678. The second-order valence-corrected chi connectivity index (χ2v) is 6.63. The molecule has 1 aliphatic heterocycles. The molecular formula is C21H25NO. The van der Waals surface area contributed by atoms with Crippen molar-refractivity contribution in [1.82, 2.24) is 4.90 Å². The molecule has 23 heavy (non-hydrogen) atoms. The Morgan fingerprint density at radius 3 is 2.30 bits per heavy atom. The van der Waals surface area contributed by atoms with Crippen LogP contribution in [0.15, 0.2) is 42.5 Å². The molecule has 0 spiro atoms. The van der Waals surface area contributed by atoms with Crippen LogP contribution in [0.5, 0.6) is 0 Å². The minimum Gasteiger partial charge on any atom is -0.299 e. The standard InChI is InChI=1S/C21H25NO/c1-16-8-6-9-17(2)20(16)21(23)19-11-7-10-18(14-19)15-22-12-4-3-5-13-22/h6-11,14H,3-5,12-13,15H2,1-2H3. The van der Waals surface area contributed by atoms with E-state index in [4.69, 9.17) is 0 Å². The molecule has 1 fully saturated rings. The lowest BCUT2D eigenvalue weighted by atomic mass is 9.94. The maximum absolute atomic E-state index is 12.9. The number of rotatable bonds is 4. The number of likely N-dealkylation sites (tertiary alicyclic amines) is 1. The lowest BCUT2D eigenvalue weighted by Gasteiger charge is -2.26. The first-order chi connectivity index (χ1) is 11.1. The summed E-state index contributed by atoms with van der Waals surface area (Å²) >= 11 is 0. The lowest BCUT2D eigenvalue weighted by molar-refractivity contribution is 0.103. The van der Waals surface area contributed by atoms with E-state index in [0.29, 0.717) is 0 Å². The van der Waals surface area contributed by atoms with Gasteiger partial charge in [0.15, 0.2) is 5.78 Å². The van der Waals surface area contributed by atoms with Gasteiger partial charge in [-0.15, -0.1) is 0 Å². The van der Waals surface area contributed by atoms with Crippen molar-refractivity contribution in [2.75, 3.05) is 13.1 Å². The SMILES string of the molecule is Cc1cccc(C)c1C(=O)c1cccc(CN2CCCCC2)c1. The molecule has 0 amide bonds. The second-order valence-electron chi connectivity index (χ2n) is 6.63. The van der Waals surface area contributed by atoms with Crippen molar-refractivity contribution >= 4 is 5.78 Å². The van der Waals surface area contributed by atoms with E-state index in [9.17, 15) is 4.79 Å². The Morgan fingerprint density at radius 1 is 0.957 bits per heavy atom. The maximum Gasteiger partial charge on any atom is 0.193 e. The molecule has 1 heterocycles. The molecule has 0 atom stereocenters. The monoisotopic (exact) mass is 307 g/mol. The minimum absolute atomic E-state index is 0.140. The number of aryl methyl sites for hydroxylation is 2. The summed E-state index contributed by atoms with van der Waals surface area (Å²) in [4.78, 5) is 15.4. The van der Waals surface area contributed by atoms with E-state index in [-0.39, 0.29) is 5.78 Å². The zero-order valence-electron chi connectivity index (χ0n) is 14.1. The van der Waals surface area contributed by atoms with Crippen molar-refractivity contribution in [3.8, 4) is 0 Å². The highest BCUT2D eigenvalue weighted by Gasteiger charge is 2.15. The number of hydrogen-bond donors (Lipinski definition) is 0. The zero-order valence-corrected chi connectivity index (χ0v) is 14.1. The van der Waals surface area contributed by atoms with Gasteiger partial charge in [-0.05, 0) is 62.5 Å². The molecule has 2 nitrogen and oxygen atoms in total. The third kappa shape index (κ3) is 3.70. The molecule has 0 aliphatic carbocycles. The van der Waals surface area contributed by atoms with E-state index in [1.165, 1.54) is 37.9 Å². The topological polar surface area (TPSA) is 20.3 Å². The second kappa shape index (κ2) is 7.10. The molecule has 0 N–H and O–H groups in total. The van der Waals surface area contributed by atoms with Crippen molar-refractivity contribution in [3.63, 3.8) is 0 Å². The normalized spacial score (nSPS) is 15.6. The molecule has 1 aliphatic rings. The molecule has 2 aromatic carbocycles. The number of piperidine rings is 1. The van der Waals surface area contributed by atoms with Crippen LogP contribution in [0.25, 0.3) is 0 Å². The van der Waals surface area contributed by atoms with Gasteiger partial charge in [-0.1, -0.05) is 42.8 Å². The van der Waals surface area contributed by atoms with Gasteiger partial charge in [-0.25, -0.2) is 0 Å². The fourth-order valence-electron chi connectivity index (χ4n) is 3.50. The molecule has 2 heteroatoms. The van der Waals surface area contributed by atoms with Crippen LogP contribution in [0.4, 0.5) is 0 Å². The fraction of sp³-hybridized carbons (Fsp3) is 0.381. The Labute approximate surface area is 139 Å². The van der Waals surface area contributed by atoms with Crippen molar-refractivity contribution < 1.29 is 4.79 Å². The number of benzene rings is 2. The van der Waals surface area contributed by atoms with Gasteiger partial charge in [0.1, 0.15) is 0 Å². The molecule has 3 rings (SSSR count). The fourth-order valence-corrected chi connectivity index (χ4v) is 3.50. The highest BCUT2D eigenvalue weighted by atomic mass is 16.1. The zero-order chi connectivity index (χ0) is 16.2. The molecule has 120 valence electrons. The highest BCUT2D eigenvalue weighted by molar-refractivity contribution is 6.10. The predicted molar refractivity (Wildman–Crippen MR) is 94.9 cm³/mol. The summed E-state index contributed by atoms with van der Waals surface area (Å²) in [6.45, 7) is 7.33.